The lowest BCUT2D eigenvalue weighted by Crippen LogP contribution is -2.31. The Morgan fingerprint density at radius 2 is 1.88 bits per heavy atom. The van der Waals surface area contributed by atoms with Crippen LogP contribution < -0.4 is 0 Å². The number of benzene rings is 1. The van der Waals surface area contributed by atoms with Crippen molar-refractivity contribution in [1.82, 2.24) is 4.90 Å². The van der Waals surface area contributed by atoms with Gasteiger partial charge in [-0.1, -0.05) is 13.0 Å². The van der Waals surface area contributed by atoms with Crippen molar-refractivity contribution < 1.29 is 14.7 Å². The van der Waals surface area contributed by atoms with Crippen LogP contribution in [0.3, 0.4) is 0 Å². The standard InChI is InChI=1S/C13H17NO3/c1-3-8-14(4-2)12(15)10-6-5-7-11(9-10)13(16)17/h5-7,9H,3-4,8H2,1-2H3,(H,16,17). The van der Waals surface area contributed by atoms with E-state index in [4.69, 9.17) is 5.11 Å². The maximum absolute atomic E-state index is 12.1. The monoisotopic (exact) mass is 235 g/mol. The van der Waals surface area contributed by atoms with E-state index >= 15 is 0 Å². The van der Waals surface area contributed by atoms with Gasteiger partial charge in [0, 0.05) is 18.7 Å². The molecule has 0 aliphatic carbocycles. The molecule has 0 saturated heterocycles. The third-order valence-corrected chi connectivity index (χ3v) is 2.52. The Balaban J connectivity index is 2.95. The summed E-state index contributed by atoms with van der Waals surface area (Å²) >= 11 is 0. The number of carbonyl (C=O) groups excluding carboxylic acids is 1. The van der Waals surface area contributed by atoms with Gasteiger partial charge in [-0.05, 0) is 31.5 Å². The summed E-state index contributed by atoms with van der Waals surface area (Å²) in [5.41, 5.74) is 0.573. The molecular formula is C13H17NO3. The van der Waals surface area contributed by atoms with Crippen molar-refractivity contribution in [3.05, 3.63) is 35.4 Å². The minimum atomic E-state index is -1.02. The zero-order chi connectivity index (χ0) is 12.8. The summed E-state index contributed by atoms with van der Waals surface area (Å²) in [6.45, 7) is 5.23. The first-order chi connectivity index (χ1) is 8.10. The van der Waals surface area contributed by atoms with Crippen LogP contribution >= 0.6 is 0 Å². The fourth-order valence-electron chi connectivity index (χ4n) is 1.64. The molecule has 1 aromatic rings. The third kappa shape index (κ3) is 3.31. The molecule has 0 fully saturated rings. The zero-order valence-electron chi connectivity index (χ0n) is 10.1. The molecule has 0 unspecified atom stereocenters. The molecule has 1 N–H and O–H groups in total. The van der Waals surface area contributed by atoms with Gasteiger partial charge in [-0.3, -0.25) is 4.79 Å². The smallest absolute Gasteiger partial charge is 0.335 e. The van der Waals surface area contributed by atoms with Gasteiger partial charge in [-0.2, -0.15) is 0 Å². The van der Waals surface area contributed by atoms with Crippen molar-refractivity contribution in [2.75, 3.05) is 13.1 Å². The molecular weight excluding hydrogens is 218 g/mol. The average Bonchev–Trinajstić information content (AvgIpc) is 2.35. The molecule has 0 spiro atoms. The second-order valence-electron chi connectivity index (χ2n) is 3.77. The van der Waals surface area contributed by atoms with E-state index in [0.717, 1.165) is 6.42 Å². The number of amides is 1. The van der Waals surface area contributed by atoms with Crippen LogP contribution in [0.2, 0.25) is 0 Å². The van der Waals surface area contributed by atoms with Gasteiger partial charge in [0.15, 0.2) is 0 Å². The van der Waals surface area contributed by atoms with Crippen LogP contribution in [0, 0.1) is 0 Å². The maximum atomic E-state index is 12.1. The highest BCUT2D eigenvalue weighted by atomic mass is 16.4. The summed E-state index contributed by atoms with van der Waals surface area (Å²) in [7, 11) is 0. The summed E-state index contributed by atoms with van der Waals surface area (Å²) in [6, 6.07) is 6.14. The molecule has 4 nitrogen and oxygen atoms in total. The first-order valence-electron chi connectivity index (χ1n) is 5.72. The minimum absolute atomic E-state index is 0.113. The largest absolute Gasteiger partial charge is 0.478 e. The number of aromatic carboxylic acids is 1. The van der Waals surface area contributed by atoms with E-state index in [9.17, 15) is 9.59 Å². The number of hydrogen-bond donors (Lipinski definition) is 1. The van der Waals surface area contributed by atoms with Gasteiger partial charge in [0.2, 0.25) is 0 Å². The summed E-state index contributed by atoms with van der Waals surface area (Å²) in [4.78, 5) is 24.6. The molecule has 0 aromatic heterocycles. The lowest BCUT2D eigenvalue weighted by atomic mass is 10.1. The lowest BCUT2D eigenvalue weighted by Gasteiger charge is -2.20. The summed E-state index contributed by atoms with van der Waals surface area (Å²) < 4.78 is 0. The normalized spacial score (nSPS) is 10.0. The molecule has 0 bridgehead atoms. The highest BCUT2D eigenvalue weighted by molar-refractivity contribution is 5.97. The van der Waals surface area contributed by atoms with Crippen molar-refractivity contribution in [1.29, 1.82) is 0 Å². The van der Waals surface area contributed by atoms with Crippen molar-refractivity contribution in [2.24, 2.45) is 0 Å². The van der Waals surface area contributed by atoms with E-state index in [-0.39, 0.29) is 11.5 Å². The highest BCUT2D eigenvalue weighted by Gasteiger charge is 2.14. The molecule has 1 aromatic carbocycles. The van der Waals surface area contributed by atoms with Crippen LogP contribution in [-0.4, -0.2) is 35.0 Å². The fraction of sp³-hybridized carbons (Fsp3) is 0.385. The molecule has 0 radical (unpaired) electrons. The van der Waals surface area contributed by atoms with E-state index in [0.29, 0.717) is 18.7 Å². The van der Waals surface area contributed by atoms with Gasteiger partial charge in [-0.25, -0.2) is 4.79 Å². The van der Waals surface area contributed by atoms with Gasteiger partial charge in [0.05, 0.1) is 5.56 Å². The summed E-state index contributed by atoms with van der Waals surface area (Å²) in [6.07, 6.45) is 0.887. The van der Waals surface area contributed by atoms with Crippen LogP contribution in [-0.2, 0) is 0 Å². The zero-order valence-corrected chi connectivity index (χ0v) is 10.1. The van der Waals surface area contributed by atoms with Gasteiger partial charge in [-0.15, -0.1) is 0 Å². The van der Waals surface area contributed by atoms with Gasteiger partial charge < -0.3 is 10.0 Å². The molecule has 0 aliphatic rings. The van der Waals surface area contributed by atoms with Crippen LogP contribution in [0.5, 0.6) is 0 Å². The Bertz CT molecular complexity index is 415. The Morgan fingerprint density at radius 1 is 1.24 bits per heavy atom. The first-order valence-corrected chi connectivity index (χ1v) is 5.72. The van der Waals surface area contributed by atoms with Crippen LogP contribution in [0.25, 0.3) is 0 Å². The Hall–Kier alpha value is -1.84. The number of rotatable bonds is 5. The third-order valence-electron chi connectivity index (χ3n) is 2.52. The van der Waals surface area contributed by atoms with Gasteiger partial charge >= 0.3 is 5.97 Å². The average molecular weight is 235 g/mol. The predicted molar refractivity (Wildman–Crippen MR) is 65.3 cm³/mol. The maximum Gasteiger partial charge on any atom is 0.335 e. The summed E-state index contributed by atoms with van der Waals surface area (Å²) in [5.74, 6) is -1.13. The van der Waals surface area contributed by atoms with Crippen molar-refractivity contribution in [3.63, 3.8) is 0 Å². The molecule has 0 heterocycles. The predicted octanol–water partition coefficient (Wildman–Crippen LogP) is 2.26. The van der Waals surface area contributed by atoms with Crippen LogP contribution in [0.15, 0.2) is 24.3 Å². The van der Waals surface area contributed by atoms with Crippen molar-refractivity contribution in [2.45, 2.75) is 20.3 Å². The SMILES string of the molecule is CCCN(CC)C(=O)c1cccc(C(=O)O)c1. The van der Waals surface area contributed by atoms with E-state index in [1.54, 1.807) is 17.0 Å². The van der Waals surface area contributed by atoms with Crippen LogP contribution in [0.4, 0.5) is 0 Å². The molecule has 0 saturated carbocycles. The lowest BCUT2D eigenvalue weighted by molar-refractivity contribution is 0.0697. The second-order valence-corrected chi connectivity index (χ2v) is 3.77. The molecule has 1 amide bonds. The second kappa shape index (κ2) is 6.03. The van der Waals surface area contributed by atoms with Crippen molar-refractivity contribution >= 4 is 11.9 Å². The molecule has 4 heteroatoms. The number of carboxylic acid groups (broad SMARTS) is 1. The van der Waals surface area contributed by atoms with Gasteiger partial charge in [0.25, 0.3) is 5.91 Å². The molecule has 1 rings (SSSR count). The quantitative estimate of drug-likeness (QED) is 0.851. The van der Waals surface area contributed by atoms with E-state index in [1.165, 1.54) is 12.1 Å². The van der Waals surface area contributed by atoms with E-state index in [1.807, 2.05) is 13.8 Å². The number of carboxylic acids is 1. The molecule has 0 atom stereocenters. The highest BCUT2D eigenvalue weighted by Crippen LogP contribution is 2.09. The Morgan fingerprint density at radius 3 is 2.41 bits per heavy atom. The van der Waals surface area contributed by atoms with E-state index in [2.05, 4.69) is 0 Å². The Labute approximate surface area is 101 Å². The Kier molecular flexibility index (Phi) is 4.69. The summed E-state index contributed by atoms with van der Waals surface area (Å²) in [5, 5.41) is 8.87. The van der Waals surface area contributed by atoms with E-state index < -0.39 is 5.97 Å². The number of nitrogens with zero attached hydrogens (tertiary/aromatic N) is 1. The minimum Gasteiger partial charge on any atom is -0.478 e. The topological polar surface area (TPSA) is 57.6 Å². The number of hydrogen-bond acceptors (Lipinski definition) is 2. The number of carbonyl (C=O) groups is 2. The molecule has 0 aliphatic heterocycles. The molecule has 92 valence electrons. The first kappa shape index (κ1) is 13.2. The van der Waals surface area contributed by atoms with Gasteiger partial charge in [0.1, 0.15) is 0 Å². The van der Waals surface area contributed by atoms with Crippen molar-refractivity contribution in [3.8, 4) is 0 Å². The van der Waals surface area contributed by atoms with Crippen LogP contribution in [0.1, 0.15) is 41.0 Å². The fourth-order valence-corrected chi connectivity index (χ4v) is 1.64. The molecule has 17 heavy (non-hydrogen) atoms.